The average molecular weight is 444 g/mol. The lowest BCUT2D eigenvalue weighted by atomic mass is 9.98. The molecule has 0 spiro atoms. The van der Waals surface area contributed by atoms with Crippen LogP contribution in [0.15, 0.2) is 42.1 Å². The number of aromatic nitrogens is 6. The molecule has 2 aliphatic heterocycles. The minimum absolute atomic E-state index is 0.0703. The van der Waals surface area contributed by atoms with E-state index in [1.165, 1.54) is 6.08 Å². The third-order valence-corrected chi connectivity index (χ3v) is 6.82. The zero-order valence-electron chi connectivity index (χ0n) is 18.5. The number of nitrogens with zero attached hydrogens (tertiary/aromatic N) is 7. The fourth-order valence-corrected chi connectivity index (χ4v) is 5.03. The lowest BCUT2D eigenvalue weighted by Crippen LogP contribution is -2.51. The topological polar surface area (TPSA) is 105 Å². The summed E-state index contributed by atoms with van der Waals surface area (Å²) in [6, 6.07) is 4.07. The Morgan fingerprint density at radius 3 is 2.76 bits per heavy atom. The van der Waals surface area contributed by atoms with Crippen molar-refractivity contribution in [2.24, 2.45) is 0 Å². The molecule has 168 valence electrons. The summed E-state index contributed by atoms with van der Waals surface area (Å²) in [5.41, 5.74) is 3.40. The highest BCUT2D eigenvalue weighted by molar-refractivity contribution is 5.89. The number of likely N-dealkylation sites (tertiary alicyclic amines) is 2. The van der Waals surface area contributed by atoms with Gasteiger partial charge in [0.15, 0.2) is 11.2 Å². The number of rotatable bonds is 4. The van der Waals surface area contributed by atoms with Gasteiger partial charge in [0.1, 0.15) is 12.2 Å². The van der Waals surface area contributed by atoms with Crippen molar-refractivity contribution in [2.45, 2.75) is 18.9 Å². The first-order valence-corrected chi connectivity index (χ1v) is 11.0. The van der Waals surface area contributed by atoms with Gasteiger partial charge in [-0.05, 0) is 31.7 Å². The van der Waals surface area contributed by atoms with Crippen molar-refractivity contribution in [2.75, 3.05) is 33.2 Å². The summed E-state index contributed by atoms with van der Waals surface area (Å²) in [7, 11) is 2.06. The van der Waals surface area contributed by atoms with Gasteiger partial charge in [-0.15, -0.1) is 0 Å². The van der Waals surface area contributed by atoms with Gasteiger partial charge in [0.25, 0.3) is 5.56 Å². The highest BCUT2D eigenvalue weighted by Crippen LogP contribution is 2.33. The number of imidazole rings is 1. The van der Waals surface area contributed by atoms with Gasteiger partial charge in [-0.3, -0.25) is 19.3 Å². The number of amides is 1. The van der Waals surface area contributed by atoms with Crippen molar-refractivity contribution in [3.63, 3.8) is 0 Å². The molecule has 1 N–H and O–H groups in total. The smallest absolute Gasteiger partial charge is 0.284 e. The van der Waals surface area contributed by atoms with Crippen LogP contribution in [0.1, 0.15) is 23.3 Å². The molecule has 6 rings (SSSR count). The van der Waals surface area contributed by atoms with Crippen molar-refractivity contribution in [3.05, 3.63) is 59.1 Å². The number of fused-ring (bicyclic) bond motifs is 2. The fraction of sp³-hybridized carbons (Fsp3) is 0.348. The maximum atomic E-state index is 13.9. The van der Waals surface area contributed by atoms with E-state index in [1.807, 2.05) is 19.1 Å². The maximum absolute atomic E-state index is 13.9. The number of hydrogen-bond acceptors (Lipinski definition) is 6. The van der Waals surface area contributed by atoms with Crippen LogP contribution >= 0.6 is 0 Å². The van der Waals surface area contributed by atoms with E-state index >= 15 is 0 Å². The molecule has 10 heteroatoms. The molecule has 5 heterocycles. The second-order valence-electron chi connectivity index (χ2n) is 9.01. The number of H-pyrrole nitrogens is 1. The number of aryl methyl sites for hydroxylation is 1. The van der Waals surface area contributed by atoms with Crippen LogP contribution in [0.4, 0.5) is 0 Å². The first-order chi connectivity index (χ1) is 16.0. The minimum Gasteiger partial charge on any atom is -0.338 e. The number of aromatic amines is 1. The van der Waals surface area contributed by atoms with Crippen molar-refractivity contribution in [3.8, 4) is 5.69 Å². The number of benzene rings is 1. The van der Waals surface area contributed by atoms with Crippen LogP contribution in [-0.2, 0) is 4.79 Å². The Hall–Kier alpha value is -3.79. The molecular weight excluding hydrogens is 420 g/mol. The van der Waals surface area contributed by atoms with Gasteiger partial charge < -0.3 is 14.4 Å². The maximum Gasteiger partial charge on any atom is 0.284 e. The van der Waals surface area contributed by atoms with Gasteiger partial charge in [0.2, 0.25) is 5.91 Å². The number of nitrogens with one attached hydrogen (secondary N) is 1. The summed E-state index contributed by atoms with van der Waals surface area (Å²) in [5.74, 6) is 0.819. The van der Waals surface area contributed by atoms with E-state index in [4.69, 9.17) is 4.98 Å². The van der Waals surface area contributed by atoms with E-state index in [9.17, 15) is 9.59 Å². The number of carbonyl (C=O) groups excluding carboxylic acids is 1. The third kappa shape index (κ3) is 2.87. The van der Waals surface area contributed by atoms with Gasteiger partial charge in [-0.2, -0.15) is 5.10 Å². The summed E-state index contributed by atoms with van der Waals surface area (Å²) in [6.07, 6.45) is 4.62. The van der Waals surface area contributed by atoms with Crippen molar-refractivity contribution in [1.82, 2.24) is 39.1 Å². The van der Waals surface area contributed by atoms with Crippen molar-refractivity contribution >= 4 is 28.0 Å². The van der Waals surface area contributed by atoms with Gasteiger partial charge in [0, 0.05) is 31.6 Å². The van der Waals surface area contributed by atoms with Crippen LogP contribution in [0.3, 0.4) is 0 Å². The quantitative estimate of drug-likeness (QED) is 0.477. The van der Waals surface area contributed by atoms with E-state index < -0.39 is 0 Å². The Balaban J connectivity index is 1.53. The second-order valence-corrected chi connectivity index (χ2v) is 9.01. The average Bonchev–Trinajstić information content (AvgIpc) is 3.36. The lowest BCUT2D eigenvalue weighted by Gasteiger charge is -2.42. The normalized spacial score (nSPS) is 17.5. The fourth-order valence-electron chi connectivity index (χ4n) is 5.03. The Morgan fingerprint density at radius 1 is 1.24 bits per heavy atom. The number of carbonyl (C=O) groups is 1. The molecule has 0 aliphatic carbocycles. The van der Waals surface area contributed by atoms with Gasteiger partial charge in [-0.1, -0.05) is 12.6 Å². The van der Waals surface area contributed by atoms with Crippen molar-refractivity contribution < 1.29 is 4.79 Å². The molecule has 4 aromatic rings. The SMILES string of the molecule is C=CC(=O)N1CC(c2nc3ncn(-c4c(C)ccc5[nH]ncc45)c(=O)c3n2C2CN(C)C2)C1. The molecule has 3 aromatic heterocycles. The zero-order chi connectivity index (χ0) is 22.9. The second kappa shape index (κ2) is 7.11. The van der Waals surface area contributed by atoms with E-state index in [0.29, 0.717) is 24.3 Å². The predicted molar refractivity (Wildman–Crippen MR) is 124 cm³/mol. The monoisotopic (exact) mass is 444 g/mol. The molecule has 2 aliphatic rings. The summed E-state index contributed by atoms with van der Waals surface area (Å²) < 4.78 is 3.68. The largest absolute Gasteiger partial charge is 0.338 e. The van der Waals surface area contributed by atoms with E-state index in [-0.39, 0.29) is 23.4 Å². The molecule has 0 saturated carbocycles. The standard InChI is InChI=1S/C23H24N8O2/c1-4-18(32)29-8-14(9-29)22-26-21-20(31(22)15-10-28(3)11-15)23(33)30(12-24-21)19-13(2)5-6-17-16(19)7-25-27-17/h4-7,12,14-15H,1,8-11H2,2-3H3,(H,25,27). The van der Waals surface area contributed by atoms with Gasteiger partial charge in [-0.25, -0.2) is 9.97 Å². The third-order valence-electron chi connectivity index (χ3n) is 6.82. The number of likely N-dealkylation sites (N-methyl/N-ethyl adjacent to an activating group) is 1. The number of hydrogen-bond donors (Lipinski definition) is 1. The van der Waals surface area contributed by atoms with Crippen LogP contribution in [0.25, 0.3) is 27.8 Å². The Morgan fingerprint density at radius 2 is 2.03 bits per heavy atom. The Kier molecular flexibility index (Phi) is 4.28. The minimum atomic E-state index is -0.150. The Labute approximate surface area is 189 Å². The molecule has 2 fully saturated rings. The summed E-state index contributed by atoms with van der Waals surface area (Å²) in [4.78, 5) is 39.2. The molecule has 10 nitrogen and oxygen atoms in total. The summed E-state index contributed by atoms with van der Waals surface area (Å²) >= 11 is 0. The van der Waals surface area contributed by atoms with Crippen LogP contribution < -0.4 is 5.56 Å². The molecule has 0 unspecified atom stereocenters. The lowest BCUT2D eigenvalue weighted by molar-refractivity contribution is -0.130. The van der Waals surface area contributed by atoms with Gasteiger partial charge in [0.05, 0.1) is 29.4 Å². The molecule has 0 atom stereocenters. The highest BCUT2D eigenvalue weighted by atomic mass is 16.2. The van der Waals surface area contributed by atoms with Crippen LogP contribution in [-0.4, -0.2) is 78.2 Å². The first-order valence-electron chi connectivity index (χ1n) is 11.0. The molecule has 1 amide bonds. The summed E-state index contributed by atoms with van der Waals surface area (Å²) in [6.45, 7) is 8.36. The van der Waals surface area contributed by atoms with Crippen LogP contribution in [0.2, 0.25) is 0 Å². The highest BCUT2D eigenvalue weighted by Gasteiger charge is 2.38. The van der Waals surface area contributed by atoms with Gasteiger partial charge >= 0.3 is 0 Å². The summed E-state index contributed by atoms with van der Waals surface area (Å²) in [5, 5.41) is 7.99. The molecule has 0 radical (unpaired) electrons. The predicted octanol–water partition coefficient (Wildman–Crippen LogP) is 1.37. The van der Waals surface area contributed by atoms with E-state index in [0.717, 1.165) is 41.1 Å². The van der Waals surface area contributed by atoms with E-state index in [2.05, 4.69) is 38.3 Å². The molecule has 1 aromatic carbocycles. The first kappa shape index (κ1) is 19.9. The van der Waals surface area contributed by atoms with E-state index in [1.54, 1.807) is 22.0 Å². The zero-order valence-corrected chi connectivity index (χ0v) is 18.5. The Bertz CT molecular complexity index is 1480. The van der Waals surface area contributed by atoms with Crippen LogP contribution in [0.5, 0.6) is 0 Å². The molecular formula is C23H24N8O2. The van der Waals surface area contributed by atoms with Crippen LogP contribution in [0, 0.1) is 6.92 Å². The molecule has 2 saturated heterocycles. The van der Waals surface area contributed by atoms with Crippen molar-refractivity contribution in [1.29, 1.82) is 0 Å². The molecule has 33 heavy (non-hydrogen) atoms. The molecule has 0 bridgehead atoms.